The van der Waals surface area contributed by atoms with Gasteiger partial charge in [-0.25, -0.2) is 4.39 Å². The molecule has 24 heavy (non-hydrogen) atoms. The molecule has 0 aromatic heterocycles. The SMILES string of the molecule is CCC[C@H]1[C@H](O)CC[C@@]2(C)C(=O)/C(=C/c3ccccc3F)CC[C@H]12. The van der Waals surface area contributed by atoms with Gasteiger partial charge in [-0.15, -0.1) is 0 Å². The molecular formula is C21H27FO2. The van der Waals surface area contributed by atoms with Gasteiger partial charge in [0.25, 0.3) is 0 Å². The van der Waals surface area contributed by atoms with Crippen LogP contribution >= 0.6 is 0 Å². The lowest BCUT2D eigenvalue weighted by molar-refractivity contribution is -0.139. The number of ketones is 1. The van der Waals surface area contributed by atoms with E-state index in [-0.39, 0.29) is 29.5 Å². The molecule has 3 rings (SSSR count). The van der Waals surface area contributed by atoms with Gasteiger partial charge in [-0.1, -0.05) is 38.5 Å². The zero-order chi connectivity index (χ0) is 17.3. The van der Waals surface area contributed by atoms with Gasteiger partial charge in [-0.05, 0) is 61.7 Å². The topological polar surface area (TPSA) is 37.3 Å². The summed E-state index contributed by atoms with van der Waals surface area (Å²) in [5, 5.41) is 10.4. The first kappa shape index (κ1) is 17.3. The smallest absolute Gasteiger partial charge is 0.165 e. The van der Waals surface area contributed by atoms with Crippen LogP contribution in [0.1, 0.15) is 57.9 Å². The predicted molar refractivity (Wildman–Crippen MR) is 93.9 cm³/mol. The number of Topliss-reactive ketones (excluding diaryl/α,β-unsaturated/α-hetero) is 1. The molecule has 1 aromatic rings. The highest BCUT2D eigenvalue weighted by molar-refractivity contribution is 6.04. The number of halogens is 1. The van der Waals surface area contributed by atoms with Gasteiger partial charge in [0, 0.05) is 11.0 Å². The Balaban J connectivity index is 1.90. The van der Waals surface area contributed by atoms with E-state index < -0.39 is 5.41 Å². The maximum Gasteiger partial charge on any atom is 0.165 e. The van der Waals surface area contributed by atoms with Crippen LogP contribution in [0.3, 0.4) is 0 Å². The van der Waals surface area contributed by atoms with Crippen molar-refractivity contribution in [3.05, 3.63) is 41.2 Å². The van der Waals surface area contributed by atoms with Crippen molar-refractivity contribution in [1.82, 2.24) is 0 Å². The van der Waals surface area contributed by atoms with Crippen molar-refractivity contribution in [2.75, 3.05) is 0 Å². The van der Waals surface area contributed by atoms with Crippen molar-refractivity contribution in [3.8, 4) is 0 Å². The Morgan fingerprint density at radius 3 is 2.79 bits per heavy atom. The highest BCUT2D eigenvalue weighted by Gasteiger charge is 2.52. The summed E-state index contributed by atoms with van der Waals surface area (Å²) >= 11 is 0. The molecule has 0 amide bonds. The first-order chi connectivity index (χ1) is 11.5. The van der Waals surface area contributed by atoms with E-state index in [0.717, 1.165) is 31.3 Å². The van der Waals surface area contributed by atoms with Gasteiger partial charge >= 0.3 is 0 Å². The molecule has 0 spiro atoms. The quantitative estimate of drug-likeness (QED) is 0.811. The number of benzene rings is 1. The molecule has 0 unspecified atom stereocenters. The number of carbonyl (C=O) groups is 1. The molecule has 2 fully saturated rings. The summed E-state index contributed by atoms with van der Waals surface area (Å²) in [6.07, 6.45) is 6.46. The van der Waals surface area contributed by atoms with Crippen LogP contribution in [-0.4, -0.2) is 17.0 Å². The van der Waals surface area contributed by atoms with Gasteiger partial charge in [-0.3, -0.25) is 4.79 Å². The van der Waals surface area contributed by atoms with Crippen LogP contribution in [0, 0.1) is 23.1 Å². The fraction of sp³-hybridized carbons (Fsp3) is 0.571. The molecule has 3 heteroatoms. The lowest BCUT2D eigenvalue weighted by atomic mass is 9.53. The minimum Gasteiger partial charge on any atom is -0.393 e. The monoisotopic (exact) mass is 330 g/mol. The number of hydrogen-bond donors (Lipinski definition) is 1. The molecule has 1 N–H and O–H groups in total. The minimum absolute atomic E-state index is 0.162. The Bertz CT molecular complexity index is 651. The first-order valence-corrected chi connectivity index (χ1v) is 9.15. The summed E-state index contributed by atoms with van der Waals surface area (Å²) in [4.78, 5) is 13.2. The molecule has 2 aliphatic carbocycles. The fourth-order valence-corrected chi connectivity index (χ4v) is 4.84. The minimum atomic E-state index is -0.408. The lowest BCUT2D eigenvalue weighted by Crippen LogP contribution is -2.50. The van der Waals surface area contributed by atoms with Gasteiger partial charge < -0.3 is 5.11 Å². The van der Waals surface area contributed by atoms with E-state index in [1.54, 1.807) is 24.3 Å². The summed E-state index contributed by atoms with van der Waals surface area (Å²) in [6, 6.07) is 6.60. The predicted octanol–water partition coefficient (Wildman–Crippen LogP) is 4.77. The van der Waals surface area contributed by atoms with Crippen molar-refractivity contribution < 1.29 is 14.3 Å². The van der Waals surface area contributed by atoms with Gasteiger partial charge in [0.05, 0.1) is 6.10 Å². The molecule has 1 aromatic carbocycles. The first-order valence-electron chi connectivity index (χ1n) is 9.15. The molecule has 0 aliphatic heterocycles. The molecular weight excluding hydrogens is 303 g/mol. The number of hydrogen-bond acceptors (Lipinski definition) is 2. The van der Waals surface area contributed by atoms with Crippen molar-refractivity contribution >= 4 is 11.9 Å². The Hall–Kier alpha value is -1.48. The third kappa shape index (κ3) is 2.95. The molecule has 2 nitrogen and oxygen atoms in total. The molecule has 0 radical (unpaired) electrons. The summed E-state index contributed by atoms with van der Waals surface area (Å²) in [5.74, 6) is 0.335. The van der Waals surface area contributed by atoms with Crippen LogP contribution in [0.2, 0.25) is 0 Å². The number of carbonyl (C=O) groups excluding carboxylic acids is 1. The van der Waals surface area contributed by atoms with E-state index in [1.165, 1.54) is 6.07 Å². The average molecular weight is 330 g/mol. The largest absolute Gasteiger partial charge is 0.393 e. The third-order valence-corrected chi connectivity index (χ3v) is 6.18. The molecule has 4 atom stereocenters. The summed E-state index contributed by atoms with van der Waals surface area (Å²) in [6.45, 7) is 4.19. The fourth-order valence-electron chi connectivity index (χ4n) is 4.84. The van der Waals surface area contributed by atoms with Crippen molar-refractivity contribution in [2.45, 2.75) is 58.5 Å². The van der Waals surface area contributed by atoms with E-state index in [2.05, 4.69) is 13.8 Å². The van der Waals surface area contributed by atoms with E-state index in [1.807, 2.05) is 0 Å². The second-order valence-corrected chi connectivity index (χ2v) is 7.64. The van der Waals surface area contributed by atoms with Crippen LogP contribution in [-0.2, 0) is 4.79 Å². The van der Waals surface area contributed by atoms with Crippen LogP contribution in [0.25, 0.3) is 6.08 Å². The van der Waals surface area contributed by atoms with E-state index >= 15 is 0 Å². The maximum absolute atomic E-state index is 13.9. The second kappa shape index (κ2) is 6.79. The standard InChI is InChI=1S/C21H27FO2/c1-3-6-16-17-10-9-15(13-14-7-4-5-8-18(14)22)20(24)21(17,2)12-11-19(16)23/h4-5,7-8,13,16-17,19,23H,3,6,9-12H2,1-2H3/b15-13+/t16-,17-,19-,21-/m1/s1. The Morgan fingerprint density at radius 1 is 1.33 bits per heavy atom. The zero-order valence-electron chi connectivity index (χ0n) is 14.6. The normalized spacial score (nSPS) is 35.1. The number of allylic oxidation sites excluding steroid dienone is 1. The highest BCUT2D eigenvalue weighted by atomic mass is 19.1. The molecule has 0 bridgehead atoms. The van der Waals surface area contributed by atoms with E-state index in [4.69, 9.17) is 0 Å². The summed E-state index contributed by atoms with van der Waals surface area (Å²) < 4.78 is 13.9. The van der Waals surface area contributed by atoms with E-state index in [0.29, 0.717) is 18.4 Å². The third-order valence-electron chi connectivity index (χ3n) is 6.18. The van der Waals surface area contributed by atoms with Crippen molar-refractivity contribution in [1.29, 1.82) is 0 Å². The summed E-state index contributed by atoms with van der Waals surface area (Å²) in [7, 11) is 0. The summed E-state index contributed by atoms with van der Waals surface area (Å²) in [5.41, 5.74) is 0.823. The molecule has 2 saturated carbocycles. The van der Waals surface area contributed by atoms with Crippen molar-refractivity contribution in [3.63, 3.8) is 0 Å². The van der Waals surface area contributed by atoms with Crippen LogP contribution < -0.4 is 0 Å². The molecule has 0 saturated heterocycles. The van der Waals surface area contributed by atoms with E-state index in [9.17, 15) is 14.3 Å². The van der Waals surface area contributed by atoms with Crippen LogP contribution in [0.15, 0.2) is 29.8 Å². The number of fused-ring (bicyclic) bond motifs is 1. The Kier molecular flexibility index (Phi) is 4.91. The number of rotatable bonds is 3. The molecule has 0 heterocycles. The van der Waals surface area contributed by atoms with Gasteiger partial charge in [-0.2, -0.15) is 0 Å². The van der Waals surface area contributed by atoms with Crippen LogP contribution in [0.4, 0.5) is 4.39 Å². The molecule has 130 valence electrons. The van der Waals surface area contributed by atoms with Gasteiger partial charge in [0.2, 0.25) is 0 Å². The highest BCUT2D eigenvalue weighted by Crippen LogP contribution is 2.53. The van der Waals surface area contributed by atoms with Gasteiger partial charge in [0.1, 0.15) is 5.82 Å². The average Bonchev–Trinajstić information content (AvgIpc) is 2.57. The number of aliphatic hydroxyl groups excluding tert-OH is 1. The Morgan fingerprint density at radius 2 is 2.08 bits per heavy atom. The second-order valence-electron chi connectivity index (χ2n) is 7.64. The lowest BCUT2D eigenvalue weighted by Gasteiger charge is -2.50. The maximum atomic E-state index is 13.9. The molecule has 2 aliphatic rings. The van der Waals surface area contributed by atoms with Crippen LogP contribution in [0.5, 0.6) is 0 Å². The zero-order valence-corrected chi connectivity index (χ0v) is 14.6. The van der Waals surface area contributed by atoms with Crippen molar-refractivity contribution in [2.24, 2.45) is 17.3 Å². The Labute approximate surface area is 143 Å². The van der Waals surface area contributed by atoms with Gasteiger partial charge in [0.15, 0.2) is 5.78 Å². The number of aliphatic hydroxyl groups is 1.